The van der Waals surface area contributed by atoms with E-state index in [-0.39, 0.29) is 18.4 Å². The van der Waals surface area contributed by atoms with E-state index >= 15 is 0 Å². The van der Waals surface area contributed by atoms with Crippen molar-refractivity contribution in [2.24, 2.45) is 5.92 Å². The van der Waals surface area contributed by atoms with Gasteiger partial charge in [-0.1, -0.05) is 41.7 Å². The summed E-state index contributed by atoms with van der Waals surface area (Å²) in [6.07, 6.45) is 2.07. The van der Waals surface area contributed by atoms with Gasteiger partial charge in [-0.15, -0.1) is 0 Å². The minimum atomic E-state index is -0.253. The molecule has 154 valence electrons. The summed E-state index contributed by atoms with van der Waals surface area (Å²) >= 11 is 18.0. The van der Waals surface area contributed by atoms with Gasteiger partial charge in [0, 0.05) is 24.3 Å². The Morgan fingerprint density at radius 2 is 1.62 bits per heavy atom. The molecular weight excluding hydrogens is 433 g/mol. The minimum Gasteiger partial charge on any atom is -0.375 e. The van der Waals surface area contributed by atoms with Gasteiger partial charge in [0.05, 0.1) is 27.3 Å². The van der Waals surface area contributed by atoms with E-state index in [1.807, 2.05) is 4.90 Å². The maximum atomic E-state index is 12.6. The van der Waals surface area contributed by atoms with E-state index in [1.165, 1.54) is 6.07 Å². The Balaban J connectivity index is 1.53. The predicted octanol–water partition coefficient (Wildman–Crippen LogP) is 5.57. The van der Waals surface area contributed by atoms with Crippen molar-refractivity contribution in [2.45, 2.75) is 19.8 Å². The van der Waals surface area contributed by atoms with Gasteiger partial charge < -0.3 is 15.5 Å². The lowest BCUT2D eigenvalue weighted by Crippen LogP contribution is -2.37. The number of halogens is 3. The number of hydrogen-bond acceptors (Lipinski definition) is 3. The van der Waals surface area contributed by atoms with E-state index < -0.39 is 0 Å². The molecule has 3 rings (SSSR count). The summed E-state index contributed by atoms with van der Waals surface area (Å²) in [5.41, 5.74) is 1.76. The van der Waals surface area contributed by atoms with Gasteiger partial charge >= 0.3 is 0 Å². The van der Waals surface area contributed by atoms with Crippen LogP contribution in [0.3, 0.4) is 0 Å². The maximum absolute atomic E-state index is 12.6. The molecule has 29 heavy (non-hydrogen) atoms. The van der Waals surface area contributed by atoms with E-state index in [0.29, 0.717) is 37.9 Å². The van der Waals surface area contributed by atoms with Gasteiger partial charge in [-0.25, -0.2) is 0 Å². The summed E-state index contributed by atoms with van der Waals surface area (Å²) in [4.78, 5) is 26.7. The zero-order valence-corrected chi connectivity index (χ0v) is 18.2. The van der Waals surface area contributed by atoms with E-state index in [4.69, 9.17) is 34.8 Å². The van der Waals surface area contributed by atoms with Crippen LogP contribution in [-0.4, -0.2) is 36.3 Å². The molecule has 2 N–H and O–H groups in total. The van der Waals surface area contributed by atoms with E-state index in [1.54, 1.807) is 30.3 Å². The third-order valence-electron chi connectivity index (χ3n) is 4.94. The fourth-order valence-electron chi connectivity index (χ4n) is 3.13. The summed E-state index contributed by atoms with van der Waals surface area (Å²) in [6, 6.07) is 10.0. The number of carbonyl (C=O) groups is 2. The Morgan fingerprint density at radius 3 is 2.28 bits per heavy atom. The molecule has 1 aliphatic heterocycles. The topological polar surface area (TPSA) is 61.4 Å². The maximum Gasteiger partial charge on any atom is 0.253 e. The molecule has 1 saturated heterocycles. The first kappa shape index (κ1) is 21.8. The first-order valence-electron chi connectivity index (χ1n) is 9.41. The zero-order chi connectivity index (χ0) is 21.0. The van der Waals surface area contributed by atoms with Crippen LogP contribution in [0.25, 0.3) is 0 Å². The quantitative estimate of drug-likeness (QED) is 0.581. The number of hydrogen-bond donors (Lipinski definition) is 2. The van der Waals surface area contributed by atoms with E-state index in [0.717, 1.165) is 25.9 Å². The number of carbonyl (C=O) groups excluding carboxylic acids is 2. The van der Waals surface area contributed by atoms with Gasteiger partial charge in [-0.2, -0.15) is 0 Å². The number of nitrogens with one attached hydrogen (secondary N) is 2. The van der Waals surface area contributed by atoms with E-state index in [9.17, 15) is 9.59 Å². The lowest BCUT2D eigenvalue weighted by atomic mass is 9.98. The molecule has 0 aliphatic carbocycles. The molecule has 2 aromatic rings. The molecule has 1 fully saturated rings. The van der Waals surface area contributed by atoms with Gasteiger partial charge in [0.15, 0.2) is 0 Å². The van der Waals surface area contributed by atoms with Crippen molar-refractivity contribution in [3.8, 4) is 0 Å². The van der Waals surface area contributed by atoms with Crippen LogP contribution in [0.1, 0.15) is 30.1 Å². The number of rotatable bonds is 5. The molecule has 0 bridgehead atoms. The van der Waals surface area contributed by atoms with Gasteiger partial charge in [0.2, 0.25) is 5.91 Å². The second-order valence-electron chi connectivity index (χ2n) is 7.20. The highest BCUT2D eigenvalue weighted by Crippen LogP contribution is 2.32. The van der Waals surface area contributed by atoms with Gasteiger partial charge in [-0.05, 0) is 55.2 Å². The zero-order valence-electron chi connectivity index (χ0n) is 16.0. The number of piperidine rings is 1. The van der Waals surface area contributed by atoms with Crippen molar-refractivity contribution in [3.05, 3.63) is 57.0 Å². The molecule has 2 aromatic carbocycles. The van der Waals surface area contributed by atoms with Gasteiger partial charge in [-0.3, -0.25) is 9.59 Å². The molecule has 1 aliphatic rings. The van der Waals surface area contributed by atoms with Crippen molar-refractivity contribution in [1.82, 2.24) is 4.90 Å². The van der Waals surface area contributed by atoms with Crippen LogP contribution < -0.4 is 10.6 Å². The fraction of sp³-hybridized carbons (Fsp3) is 0.333. The Bertz CT molecular complexity index is 895. The summed E-state index contributed by atoms with van der Waals surface area (Å²) in [7, 11) is 0. The second kappa shape index (κ2) is 9.70. The molecule has 1 heterocycles. The SMILES string of the molecule is CC1CCN(C(=O)c2ccc(NC(=O)CNc3cc(Cl)c(Cl)cc3Cl)cc2)CC1. The Labute approximate surface area is 185 Å². The van der Waals surface area contributed by atoms with Crippen molar-refractivity contribution >= 4 is 58.0 Å². The minimum absolute atomic E-state index is 0.00429. The van der Waals surface area contributed by atoms with Crippen LogP contribution in [0.2, 0.25) is 15.1 Å². The van der Waals surface area contributed by atoms with Crippen LogP contribution in [0.15, 0.2) is 36.4 Å². The summed E-state index contributed by atoms with van der Waals surface area (Å²) in [5.74, 6) is 0.450. The largest absolute Gasteiger partial charge is 0.375 e. The lowest BCUT2D eigenvalue weighted by molar-refractivity contribution is -0.114. The molecular formula is C21H22Cl3N3O2. The molecule has 2 amide bonds. The molecule has 0 saturated carbocycles. The van der Waals surface area contributed by atoms with Crippen molar-refractivity contribution < 1.29 is 9.59 Å². The van der Waals surface area contributed by atoms with Crippen LogP contribution in [0.5, 0.6) is 0 Å². The van der Waals surface area contributed by atoms with Crippen molar-refractivity contribution in [3.63, 3.8) is 0 Å². The summed E-state index contributed by atoms with van der Waals surface area (Å²) < 4.78 is 0. The van der Waals surface area contributed by atoms with Gasteiger partial charge in [0.25, 0.3) is 5.91 Å². The van der Waals surface area contributed by atoms with Crippen LogP contribution in [-0.2, 0) is 4.79 Å². The van der Waals surface area contributed by atoms with Crippen molar-refractivity contribution in [2.75, 3.05) is 30.3 Å². The fourth-order valence-corrected chi connectivity index (χ4v) is 3.74. The number of benzene rings is 2. The third kappa shape index (κ3) is 5.78. The monoisotopic (exact) mass is 453 g/mol. The Hall–Kier alpha value is -1.95. The second-order valence-corrected chi connectivity index (χ2v) is 8.42. The first-order chi connectivity index (χ1) is 13.8. The average Bonchev–Trinajstić information content (AvgIpc) is 2.70. The Morgan fingerprint density at radius 1 is 1.00 bits per heavy atom. The molecule has 0 unspecified atom stereocenters. The van der Waals surface area contributed by atoms with E-state index in [2.05, 4.69) is 17.6 Å². The number of likely N-dealkylation sites (tertiary alicyclic amines) is 1. The molecule has 0 aromatic heterocycles. The molecule has 8 heteroatoms. The number of anilines is 2. The number of nitrogens with zero attached hydrogens (tertiary/aromatic N) is 1. The highest BCUT2D eigenvalue weighted by molar-refractivity contribution is 6.44. The average molecular weight is 455 g/mol. The summed E-state index contributed by atoms with van der Waals surface area (Å²) in [6.45, 7) is 3.80. The first-order valence-corrected chi connectivity index (χ1v) is 10.5. The molecule has 0 radical (unpaired) electrons. The highest BCUT2D eigenvalue weighted by Gasteiger charge is 2.21. The normalized spacial score (nSPS) is 14.6. The predicted molar refractivity (Wildman–Crippen MR) is 119 cm³/mol. The Kier molecular flexibility index (Phi) is 7.28. The smallest absolute Gasteiger partial charge is 0.253 e. The molecule has 0 spiro atoms. The number of amides is 2. The van der Waals surface area contributed by atoms with Gasteiger partial charge in [0.1, 0.15) is 0 Å². The highest BCUT2D eigenvalue weighted by atomic mass is 35.5. The molecule has 0 atom stereocenters. The van der Waals surface area contributed by atoms with Crippen molar-refractivity contribution in [1.29, 1.82) is 0 Å². The summed E-state index contributed by atoms with van der Waals surface area (Å²) in [5, 5.41) is 6.78. The standard InChI is InChI=1S/C21H22Cl3N3O2/c1-13-6-8-27(9-7-13)21(29)14-2-4-15(5-3-14)26-20(28)12-25-19-11-17(23)16(22)10-18(19)24/h2-5,10-11,13,25H,6-9,12H2,1H3,(H,26,28). The van der Waals surface area contributed by atoms with Crippen LogP contribution in [0, 0.1) is 5.92 Å². The van der Waals surface area contributed by atoms with Crippen LogP contribution >= 0.6 is 34.8 Å². The molecule has 5 nitrogen and oxygen atoms in total. The van der Waals surface area contributed by atoms with Crippen LogP contribution in [0.4, 0.5) is 11.4 Å². The lowest BCUT2D eigenvalue weighted by Gasteiger charge is -2.30. The third-order valence-corrected chi connectivity index (χ3v) is 5.97.